The third kappa shape index (κ3) is 6.80. The van der Waals surface area contributed by atoms with Crippen molar-refractivity contribution in [2.75, 3.05) is 67.3 Å². The molecule has 0 saturated heterocycles. The summed E-state index contributed by atoms with van der Waals surface area (Å²) in [7, 11) is 6.19. The van der Waals surface area contributed by atoms with E-state index in [-0.39, 0.29) is 12.2 Å². The zero-order valence-corrected chi connectivity index (χ0v) is 28.5. The van der Waals surface area contributed by atoms with Crippen molar-refractivity contribution >= 4 is 45.8 Å². The number of rotatable bonds is 10. The normalized spacial score (nSPS) is 14.2. The van der Waals surface area contributed by atoms with Gasteiger partial charge in [0.25, 0.3) is 5.56 Å². The number of pyridine rings is 1. The van der Waals surface area contributed by atoms with Crippen molar-refractivity contribution in [3.05, 3.63) is 107 Å². The Kier molecular flexibility index (Phi) is 8.92. The van der Waals surface area contributed by atoms with Crippen LogP contribution in [0.2, 0.25) is 0 Å². The molecule has 7 rings (SSSR count). The van der Waals surface area contributed by atoms with Gasteiger partial charge in [-0.3, -0.25) is 14.3 Å². The third-order valence-corrected chi connectivity index (χ3v) is 9.10. The molecule has 1 aliphatic heterocycles. The first kappa shape index (κ1) is 32.1. The number of nitrogens with one attached hydrogen (secondary N) is 1. The number of anilines is 5. The lowest BCUT2D eigenvalue weighted by Gasteiger charge is -2.38. The van der Waals surface area contributed by atoms with Gasteiger partial charge in [0.15, 0.2) is 5.65 Å². The van der Waals surface area contributed by atoms with Crippen LogP contribution in [-0.4, -0.2) is 78.9 Å². The minimum atomic E-state index is -0.422. The molecule has 2 aliphatic rings. The van der Waals surface area contributed by atoms with Crippen molar-refractivity contribution in [3.8, 4) is 5.69 Å². The van der Waals surface area contributed by atoms with E-state index < -0.39 is 6.09 Å². The lowest BCUT2D eigenvalue weighted by Crippen LogP contribution is -2.44. The van der Waals surface area contributed by atoms with E-state index in [1.165, 1.54) is 0 Å². The van der Waals surface area contributed by atoms with E-state index in [2.05, 4.69) is 41.2 Å². The molecule has 1 saturated carbocycles. The summed E-state index contributed by atoms with van der Waals surface area (Å²) in [5, 5.41) is 4.12. The van der Waals surface area contributed by atoms with Crippen LogP contribution in [0, 0.1) is 6.92 Å². The number of fused-ring (bicyclic) bond motifs is 2. The number of amides is 1. The average Bonchev–Trinajstić information content (AvgIpc) is 3.94. The molecule has 1 N–H and O–H groups in total. The van der Waals surface area contributed by atoms with Crippen LogP contribution in [0.5, 0.6) is 0 Å². The quantitative estimate of drug-likeness (QED) is 0.195. The van der Waals surface area contributed by atoms with Crippen LogP contribution in [-0.2, 0) is 11.3 Å². The lowest BCUT2D eigenvalue weighted by molar-refractivity contribution is 0.147. The molecule has 1 aliphatic carbocycles. The van der Waals surface area contributed by atoms with Crippen LogP contribution in [0.1, 0.15) is 24.0 Å². The van der Waals surface area contributed by atoms with Crippen molar-refractivity contribution in [3.63, 3.8) is 0 Å². The fraction of sp³-hybridized carbons (Fsp3) is 0.316. The highest BCUT2D eigenvalue weighted by Crippen LogP contribution is 2.40. The Hall–Kier alpha value is -5.42. The van der Waals surface area contributed by atoms with E-state index in [1.807, 2.05) is 90.7 Å². The molecule has 252 valence electrons. The molecule has 3 aromatic carbocycles. The first-order chi connectivity index (χ1) is 23.8. The summed E-state index contributed by atoms with van der Waals surface area (Å²) in [4.78, 5) is 45.7. The number of hydrogen-bond acceptors (Lipinski definition) is 9. The molecule has 0 atom stereocenters. The number of hydrogen-bond donors (Lipinski definition) is 1. The summed E-state index contributed by atoms with van der Waals surface area (Å²) in [6.07, 6.45) is 3.53. The maximum absolute atomic E-state index is 14.7. The molecule has 49 heavy (non-hydrogen) atoms. The SMILES string of the molecule is Cc1cccc2c1N(C(=O)OCc1ccccc1)CCN2c1cc2cnc(NC3CC3)nc2n(-c2ccc(N(C)CCN(C)C)cc2)c1=O. The summed E-state index contributed by atoms with van der Waals surface area (Å²) in [6, 6.07) is 25.8. The maximum atomic E-state index is 14.7. The summed E-state index contributed by atoms with van der Waals surface area (Å²) in [6.45, 7) is 4.69. The Bertz CT molecular complexity index is 2030. The fourth-order valence-electron chi connectivity index (χ4n) is 6.21. The predicted molar refractivity (Wildman–Crippen MR) is 196 cm³/mol. The van der Waals surface area contributed by atoms with Crippen molar-refractivity contribution in [1.82, 2.24) is 19.4 Å². The summed E-state index contributed by atoms with van der Waals surface area (Å²) in [5.74, 6) is 0.513. The summed E-state index contributed by atoms with van der Waals surface area (Å²) >= 11 is 0. The standard InChI is InChI=1S/C38H42N8O3/c1-26-9-8-12-32-34(26)45(38(48)49-25-27-10-6-5-7-11-27)22-21-44(32)33-23-28-24-39-37(40-29-13-14-29)41-35(28)46(36(33)47)31-17-15-30(16-18-31)43(4)20-19-42(2)3/h5-12,15-18,23-24,29H,13-14,19-22,25H2,1-4H3,(H,39,40,41). The predicted octanol–water partition coefficient (Wildman–Crippen LogP) is 5.96. The van der Waals surface area contributed by atoms with Crippen LogP contribution in [0.25, 0.3) is 16.7 Å². The van der Waals surface area contributed by atoms with Crippen LogP contribution in [0.4, 0.5) is 33.5 Å². The molecular formula is C38H42N8O3. The van der Waals surface area contributed by atoms with Crippen molar-refractivity contribution in [2.45, 2.75) is 32.4 Å². The Morgan fingerprint density at radius 1 is 0.939 bits per heavy atom. The smallest absolute Gasteiger partial charge is 0.414 e. The van der Waals surface area contributed by atoms with Gasteiger partial charge >= 0.3 is 6.09 Å². The highest BCUT2D eigenvalue weighted by atomic mass is 16.6. The molecule has 0 unspecified atom stereocenters. The number of aromatic nitrogens is 3. The number of carbonyl (C=O) groups is 1. The number of likely N-dealkylation sites (N-methyl/N-ethyl adjacent to an activating group) is 2. The van der Waals surface area contributed by atoms with E-state index in [9.17, 15) is 9.59 Å². The van der Waals surface area contributed by atoms with Gasteiger partial charge in [-0.15, -0.1) is 0 Å². The largest absolute Gasteiger partial charge is 0.444 e. The molecule has 1 fully saturated rings. The van der Waals surface area contributed by atoms with Crippen molar-refractivity contribution in [1.29, 1.82) is 0 Å². The number of carbonyl (C=O) groups excluding carboxylic acids is 1. The van der Waals surface area contributed by atoms with E-state index in [0.29, 0.717) is 42.1 Å². The van der Waals surface area contributed by atoms with Crippen molar-refractivity contribution in [2.24, 2.45) is 0 Å². The second-order valence-corrected chi connectivity index (χ2v) is 13.1. The number of para-hydroxylation sites is 1. The summed E-state index contributed by atoms with van der Waals surface area (Å²) in [5.41, 5.74) is 5.90. The maximum Gasteiger partial charge on any atom is 0.414 e. The van der Waals surface area contributed by atoms with Gasteiger partial charge in [-0.25, -0.2) is 9.78 Å². The monoisotopic (exact) mass is 658 g/mol. The van der Waals surface area contributed by atoms with Gasteiger partial charge < -0.3 is 24.8 Å². The minimum Gasteiger partial charge on any atom is -0.444 e. The molecule has 1 amide bonds. The van der Waals surface area contributed by atoms with Gasteiger partial charge in [-0.2, -0.15) is 4.98 Å². The topological polar surface area (TPSA) is 99.1 Å². The van der Waals surface area contributed by atoms with Crippen molar-refractivity contribution < 1.29 is 9.53 Å². The zero-order chi connectivity index (χ0) is 34.1. The molecule has 2 aromatic heterocycles. The Labute approximate surface area is 286 Å². The van der Waals surface area contributed by atoms with Crippen LogP contribution in [0.3, 0.4) is 0 Å². The summed E-state index contributed by atoms with van der Waals surface area (Å²) < 4.78 is 7.43. The second kappa shape index (κ2) is 13.6. The van der Waals surface area contributed by atoms with Crippen LogP contribution >= 0.6 is 0 Å². The highest BCUT2D eigenvalue weighted by molar-refractivity contribution is 5.97. The van der Waals surface area contributed by atoms with Gasteiger partial charge in [0.1, 0.15) is 12.3 Å². The van der Waals surface area contributed by atoms with E-state index in [4.69, 9.17) is 9.72 Å². The van der Waals surface area contributed by atoms with Gasteiger partial charge in [0, 0.05) is 56.5 Å². The Balaban J connectivity index is 1.28. The van der Waals surface area contributed by atoms with E-state index in [0.717, 1.165) is 59.5 Å². The lowest BCUT2D eigenvalue weighted by atomic mass is 10.1. The number of aryl methyl sites for hydroxylation is 1. The molecular weight excluding hydrogens is 616 g/mol. The molecule has 3 heterocycles. The van der Waals surface area contributed by atoms with Crippen LogP contribution in [0.15, 0.2) is 89.9 Å². The molecule has 11 heteroatoms. The van der Waals surface area contributed by atoms with E-state index >= 15 is 0 Å². The minimum absolute atomic E-state index is 0.179. The zero-order valence-electron chi connectivity index (χ0n) is 28.5. The molecule has 11 nitrogen and oxygen atoms in total. The Morgan fingerprint density at radius 3 is 2.45 bits per heavy atom. The fourth-order valence-corrected chi connectivity index (χ4v) is 6.21. The number of ether oxygens (including phenoxy) is 1. The third-order valence-electron chi connectivity index (χ3n) is 9.10. The molecule has 5 aromatic rings. The average molecular weight is 659 g/mol. The Morgan fingerprint density at radius 2 is 1.71 bits per heavy atom. The van der Waals surface area contributed by atoms with E-state index in [1.54, 1.807) is 15.7 Å². The second-order valence-electron chi connectivity index (χ2n) is 13.1. The number of nitrogens with zero attached hydrogens (tertiary/aromatic N) is 7. The highest BCUT2D eigenvalue weighted by Gasteiger charge is 2.32. The van der Waals surface area contributed by atoms with Gasteiger partial charge in [0.2, 0.25) is 5.95 Å². The molecule has 0 bridgehead atoms. The molecule has 0 radical (unpaired) electrons. The molecule has 0 spiro atoms. The number of benzene rings is 3. The first-order valence-electron chi connectivity index (χ1n) is 16.8. The van der Waals surface area contributed by atoms with Crippen LogP contribution < -0.4 is 25.6 Å². The van der Waals surface area contributed by atoms with Gasteiger partial charge in [-0.05, 0) is 81.4 Å². The van der Waals surface area contributed by atoms with Gasteiger partial charge in [0.05, 0.1) is 17.1 Å². The first-order valence-corrected chi connectivity index (χ1v) is 16.8. The van der Waals surface area contributed by atoms with Gasteiger partial charge in [-0.1, -0.05) is 42.5 Å².